The monoisotopic (exact) mass is 539 g/mol. The van der Waals surface area contributed by atoms with Gasteiger partial charge in [-0.25, -0.2) is 4.79 Å². The Hall–Kier alpha value is -4.42. The Morgan fingerprint density at radius 2 is 1.85 bits per heavy atom. The van der Waals surface area contributed by atoms with Gasteiger partial charge in [0.15, 0.2) is 11.4 Å². The second-order valence-electron chi connectivity index (χ2n) is 10.2. The number of carbonyl (C=O) groups is 4. The predicted molar refractivity (Wildman–Crippen MR) is 139 cm³/mol. The second-order valence-corrected chi connectivity index (χ2v) is 10.2. The molecule has 0 aromatic carbocycles. The van der Waals surface area contributed by atoms with Gasteiger partial charge in [-0.15, -0.1) is 0 Å². The topological polar surface area (TPSA) is 193 Å². The molecule has 4 amide bonds. The van der Waals surface area contributed by atoms with Crippen molar-refractivity contribution in [3.05, 3.63) is 57.1 Å². The molecular weight excluding hydrogens is 506 g/mol. The Morgan fingerprint density at radius 1 is 1.15 bits per heavy atom. The molecule has 0 atom stereocenters. The second kappa shape index (κ2) is 10.8. The van der Waals surface area contributed by atoms with Crippen molar-refractivity contribution in [1.82, 2.24) is 24.7 Å². The minimum absolute atomic E-state index is 0.107. The van der Waals surface area contributed by atoms with E-state index in [4.69, 9.17) is 11.1 Å². The average Bonchev–Trinajstić information content (AvgIpc) is 2.89. The van der Waals surface area contributed by atoms with Gasteiger partial charge in [-0.3, -0.25) is 29.2 Å². The standard InChI is InChI=1S/C26H33N7O6/c1-15(2)31-11-12-32-16(13-18(34)20(35)19(32)23(31)37)14-29-24(38)26(8-4-3-5-9-26)30-22(36)17-7-6-10-33(21(17)27)25(28)39/h6-7,10,13,15,27,35H,3-5,8-9,11-12,14H2,1-2H3,(H2,28,39)(H,29,38)(H,30,36). The van der Waals surface area contributed by atoms with Crippen molar-refractivity contribution < 1.29 is 24.3 Å². The molecule has 208 valence electrons. The summed E-state index contributed by atoms with van der Waals surface area (Å²) in [5.74, 6) is -2.25. The molecule has 0 saturated heterocycles. The molecule has 1 fully saturated rings. The van der Waals surface area contributed by atoms with E-state index in [1.165, 1.54) is 24.4 Å². The van der Waals surface area contributed by atoms with E-state index >= 15 is 0 Å². The fraction of sp³-hybridized carbons (Fsp3) is 0.462. The van der Waals surface area contributed by atoms with Crippen LogP contribution in [-0.2, 0) is 17.9 Å². The van der Waals surface area contributed by atoms with Gasteiger partial charge < -0.3 is 30.9 Å². The maximum absolute atomic E-state index is 13.6. The summed E-state index contributed by atoms with van der Waals surface area (Å²) < 4.78 is 2.37. The van der Waals surface area contributed by atoms with Gasteiger partial charge in [0.1, 0.15) is 11.0 Å². The number of nitrogens with zero attached hydrogens (tertiary/aromatic N) is 3. The van der Waals surface area contributed by atoms with Gasteiger partial charge >= 0.3 is 6.03 Å². The molecule has 2 aliphatic rings. The third kappa shape index (κ3) is 5.16. The third-order valence-electron chi connectivity index (χ3n) is 7.42. The Labute approximate surface area is 224 Å². The van der Waals surface area contributed by atoms with Crippen molar-refractivity contribution in [2.45, 2.75) is 70.6 Å². The molecule has 13 nitrogen and oxygen atoms in total. The molecule has 13 heteroatoms. The summed E-state index contributed by atoms with van der Waals surface area (Å²) >= 11 is 0. The predicted octanol–water partition coefficient (Wildman–Crippen LogP) is 0.375. The highest BCUT2D eigenvalue weighted by molar-refractivity contribution is 5.99. The molecule has 0 spiro atoms. The van der Waals surface area contributed by atoms with Crippen LogP contribution in [0.1, 0.15) is 72.5 Å². The fourth-order valence-electron chi connectivity index (χ4n) is 5.31. The number of hydrogen-bond acceptors (Lipinski definition) is 7. The van der Waals surface area contributed by atoms with E-state index in [-0.39, 0.29) is 23.8 Å². The Bertz CT molecular complexity index is 1450. The number of aromatic hydroxyl groups is 1. The first-order valence-electron chi connectivity index (χ1n) is 12.9. The van der Waals surface area contributed by atoms with E-state index in [1.807, 2.05) is 13.8 Å². The summed E-state index contributed by atoms with van der Waals surface area (Å²) in [5, 5.41) is 24.2. The van der Waals surface area contributed by atoms with Crippen LogP contribution in [0.15, 0.2) is 29.2 Å². The molecule has 0 radical (unpaired) electrons. The van der Waals surface area contributed by atoms with Crippen molar-refractivity contribution in [2.24, 2.45) is 5.73 Å². The summed E-state index contributed by atoms with van der Waals surface area (Å²) in [7, 11) is 0. The summed E-state index contributed by atoms with van der Waals surface area (Å²) in [4.78, 5) is 65.4. The first kappa shape index (κ1) is 27.6. The summed E-state index contributed by atoms with van der Waals surface area (Å²) in [5.41, 5.74) is 3.02. The summed E-state index contributed by atoms with van der Waals surface area (Å²) in [6.45, 7) is 4.30. The number of nitrogens with two attached hydrogens (primary N) is 1. The molecule has 0 bridgehead atoms. The fourth-order valence-corrected chi connectivity index (χ4v) is 5.31. The third-order valence-corrected chi connectivity index (χ3v) is 7.42. The zero-order valence-corrected chi connectivity index (χ0v) is 22.0. The summed E-state index contributed by atoms with van der Waals surface area (Å²) in [6.07, 6.45) is 4.25. The highest BCUT2D eigenvalue weighted by Crippen LogP contribution is 2.29. The number of aromatic nitrogens is 2. The maximum Gasteiger partial charge on any atom is 0.324 e. The van der Waals surface area contributed by atoms with E-state index < -0.39 is 46.0 Å². The van der Waals surface area contributed by atoms with Crippen molar-refractivity contribution >= 4 is 23.8 Å². The number of pyridine rings is 2. The molecule has 6 N–H and O–H groups in total. The number of rotatable bonds is 6. The van der Waals surface area contributed by atoms with Crippen LogP contribution < -0.4 is 27.3 Å². The zero-order chi connectivity index (χ0) is 28.5. The van der Waals surface area contributed by atoms with E-state index in [0.717, 1.165) is 11.0 Å². The van der Waals surface area contributed by atoms with Gasteiger partial charge in [0, 0.05) is 37.1 Å². The lowest BCUT2D eigenvalue weighted by atomic mass is 9.80. The van der Waals surface area contributed by atoms with E-state index in [1.54, 1.807) is 9.47 Å². The van der Waals surface area contributed by atoms with Crippen LogP contribution in [0.4, 0.5) is 4.79 Å². The lowest BCUT2D eigenvalue weighted by Gasteiger charge is -2.37. The number of hydrogen-bond donors (Lipinski definition) is 5. The first-order valence-corrected chi connectivity index (χ1v) is 12.9. The molecule has 1 aliphatic carbocycles. The molecule has 0 unspecified atom stereocenters. The SMILES string of the molecule is CC(C)N1CCn2c(CNC(=O)C3(NC(=O)c4cccn(C(N)=O)c4=N)CCCCC3)cc(=O)c(O)c2C1=O. The molecule has 2 aromatic rings. The number of amides is 4. The molecule has 1 aliphatic heterocycles. The van der Waals surface area contributed by atoms with Crippen LogP contribution in [0.3, 0.4) is 0 Å². The van der Waals surface area contributed by atoms with Crippen molar-refractivity contribution in [3.8, 4) is 5.75 Å². The quantitative estimate of drug-likeness (QED) is 0.352. The molecule has 39 heavy (non-hydrogen) atoms. The molecule has 4 rings (SSSR count). The van der Waals surface area contributed by atoms with Crippen molar-refractivity contribution in [2.75, 3.05) is 6.54 Å². The molecule has 2 aromatic heterocycles. The van der Waals surface area contributed by atoms with Crippen LogP contribution in [0.5, 0.6) is 5.75 Å². The number of nitrogens with one attached hydrogen (secondary N) is 3. The average molecular weight is 540 g/mol. The van der Waals surface area contributed by atoms with Gasteiger partial charge in [0.25, 0.3) is 11.8 Å². The van der Waals surface area contributed by atoms with E-state index in [9.17, 15) is 29.1 Å². The minimum atomic E-state index is -1.28. The van der Waals surface area contributed by atoms with Crippen LogP contribution in [0, 0.1) is 5.41 Å². The first-order chi connectivity index (χ1) is 18.5. The van der Waals surface area contributed by atoms with Crippen molar-refractivity contribution in [3.63, 3.8) is 0 Å². The zero-order valence-electron chi connectivity index (χ0n) is 22.0. The van der Waals surface area contributed by atoms with Gasteiger partial charge in [-0.2, -0.15) is 0 Å². The van der Waals surface area contributed by atoms with Gasteiger partial charge in [0.05, 0.1) is 12.1 Å². The molecule has 1 saturated carbocycles. The number of carbonyl (C=O) groups excluding carboxylic acids is 4. The van der Waals surface area contributed by atoms with Crippen LogP contribution in [0.25, 0.3) is 0 Å². The Balaban J connectivity index is 1.60. The Kier molecular flexibility index (Phi) is 7.61. The number of fused-ring (bicyclic) bond motifs is 1. The lowest BCUT2D eigenvalue weighted by molar-refractivity contribution is -0.128. The highest BCUT2D eigenvalue weighted by Gasteiger charge is 2.41. The maximum atomic E-state index is 13.6. The van der Waals surface area contributed by atoms with Crippen LogP contribution in [-0.4, -0.2) is 61.0 Å². The van der Waals surface area contributed by atoms with Crippen LogP contribution >= 0.6 is 0 Å². The normalized spacial score (nSPS) is 16.5. The smallest absolute Gasteiger partial charge is 0.324 e. The minimum Gasteiger partial charge on any atom is -0.503 e. The largest absolute Gasteiger partial charge is 0.503 e. The van der Waals surface area contributed by atoms with Gasteiger partial charge in [-0.1, -0.05) is 19.3 Å². The van der Waals surface area contributed by atoms with Gasteiger partial charge in [-0.05, 0) is 38.8 Å². The van der Waals surface area contributed by atoms with E-state index in [2.05, 4.69) is 10.6 Å². The van der Waals surface area contributed by atoms with Crippen molar-refractivity contribution in [1.29, 1.82) is 5.41 Å². The molecular formula is C26H33N7O6. The van der Waals surface area contributed by atoms with E-state index in [0.29, 0.717) is 44.5 Å². The number of primary amides is 1. The molecule has 3 heterocycles. The Morgan fingerprint density at radius 3 is 2.49 bits per heavy atom. The summed E-state index contributed by atoms with van der Waals surface area (Å²) in [6, 6.07) is 2.95. The highest BCUT2D eigenvalue weighted by atomic mass is 16.3. The van der Waals surface area contributed by atoms with Crippen LogP contribution in [0.2, 0.25) is 0 Å². The van der Waals surface area contributed by atoms with Gasteiger partial charge in [0.2, 0.25) is 11.3 Å². The lowest BCUT2D eigenvalue weighted by Crippen LogP contribution is -2.60.